The van der Waals surface area contributed by atoms with Crippen molar-refractivity contribution in [3.63, 3.8) is 0 Å². The number of aryl methyl sites for hydroxylation is 1. The third-order valence-corrected chi connectivity index (χ3v) is 3.36. The van der Waals surface area contributed by atoms with Crippen LogP contribution in [-0.2, 0) is 7.05 Å². The van der Waals surface area contributed by atoms with Gasteiger partial charge in [0.1, 0.15) is 12.8 Å². The molecule has 2 rings (SSSR count). The Bertz CT molecular complexity index is 476. The van der Waals surface area contributed by atoms with E-state index in [0.717, 1.165) is 5.75 Å². The number of nitrogens with zero attached hydrogens (tertiary/aromatic N) is 1. The molecule has 0 aliphatic carbocycles. The molecule has 0 bridgehead atoms. The summed E-state index contributed by atoms with van der Waals surface area (Å²) < 4.78 is 7.45. The maximum atomic E-state index is 5.32. The van der Waals surface area contributed by atoms with Crippen molar-refractivity contribution in [2.45, 2.75) is 6.92 Å². The smallest absolute Gasteiger partial charge is 0.224 e. The van der Waals surface area contributed by atoms with Crippen LogP contribution in [0.2, 0.25) is 0 Å². The molecule has 78 valence electrons. The Morgan fingerprint density at radius 1 is 1.33 bits per heavy atom. The Labute approximate surface area is 93.8 Å². The van der Waals surface area contributed by atoms with Gasteiger partial charge in [0.15, 0.2) is 0 Å². The first-order valence-corrected chi connectivity index (χ1v) is 5.74. The van der Waals surface area contributed by atoms with Crippen molar-refractivity contribution in [1.29, 1.82) is 0 Å². The molecule has 0 saturated heterocycles. The molecule has 0 spiro atoms. The summed E-state index contributed by atoms with van der Waals surface area (Å²) in [6, 6.07) is 6.14. The molecule has 0 fully saturated rings. The summed E-state index contributed by atoms with van der Waals surface area (Å²) in [5.41, 5.74) is 5.75. The Kier molecular flexibility index (Phi) is 2.73. The van der Waals surface area contributed by atoms with E-state index in [1.165, 1.54) is 16.8 Å². The van der Waals surface area contributed by atoms with Crippen molar-refractivity contribution >= 4 is 11.3 Å². The highest BCUT2D eigenvalue weighted by atomic mass is 32.1. The second-order valence-electron chi connectivity index (χ2n) is 3.49. The zero-order valence-corrected chi connectivity index (χ0v) is 9.97. The van der Waals surface area contributed by atoms with Crippen LogP contribution < -0.4 is 9.30 Å². The number of hydrogen-bond acceptors (Lipinski definition) is 2. The zero-order valence-electron chi connectivity index (χ0n) is 9.15. The van der Waals surface area contributed by atoms with Crippen molar-refractivity contribution in [3.05, 3.63) is 34.7 Å². The highest BCUT2D eigenvalue weighted by Crippen LogP contribution is 2.28. The summed E-state index contributed by atoms with van der Waals surface area (Å²) in [7, 11) is 3.77. The number of ether oxygens (including phenoxy) is 1. The van der Waals surface area contributed by atoms with E-state index in [0.29, 0.717) is 0 Å². The predicted octanol–water partition coefficient (Wildman–Crippen LogP) is 2.56. The van der Waals surface area contributed by atoms with Crippen LogP contribution in [0.4, 0.5) is 0 Å². The molecule has 0 atom stereocenters. The minimum atomic E-state index is 0.943. The average molecular weight is 220 g/mol. The summed E-state index contributed by atoms with van der Waals surface area (Å²) in [5.74, 6) is 0.943. The van der Waals surface area contributed by atoms with Crippen LogP contribution in [0.15, 0.2) is 29.1 Å². The van der Waals surface area contributed by atoms with Gasteiger partial charge in [-0.3, -0.25) is 0 Å². The molecule has 15 heavy (non-hydrogen) atoms. The minimum Gasteiger partial charge on any atom is -0.496 e. The van der Waals surface area contributed by atoms with Crippen LogP contribution in [0.5, 0.6) is 5.75 Å². The molecular formula is C12H14NOS+. The molecule has 0 saturated carbocycles. The molecule has 1 aromatic heterocycles. The topological polar surface area (TPSA) is 13.1 Å². The van der Waals surface area contributed by atoms with Gasteiger partial charge >= 0.3 is 0 Å². The lowest BCUT2D eigenvalue weighted by atomic mass is 10.1. The van der Waals surface area contributed by atoms with Crippen LogP contribution in [0, 0.1) is 6.92 Å². The Balaban J connectivity index is 2.59. The van der Waals surface area contributed by atoms with E-state index in [1.54, 1.807) is 18.4 Å². The fourth-order valence-corrected chi connectivity index (χ4v) is 2.47. The zero-order chi connectivity index (χ0) is 10.8. The first kappa shape index (κ1) is 10.2. The standard InChI is InChI=1S/C12H14NOS/c1-9-10(5-4-6-12(9)14-3)11-7-15-8-13(11)2/h4-8H,1-3H3/q+1. The molecule has 1 heterocycles. The van der Waals surface area contributed by atoms with Crippen LogP contribution >= 0.6 is 11.3 Å². The number of thiazole rings is 1. The predicted molar refractivity (Wildman–Crippen MR) is 62.2 cm³/mol. The maximum absolute atomic E-state index is 5.32. The highest BCUT2D eigenvalue weighted by Gasteiger charge is 2.14. The monoisotopic (exact) mass is 220 g/mol. The first-order valence-electron chi connectivity index (χ1n) is 4.80. The maximum Gasteiger partial charge on any atom is 0.224 e. The Morgan fingerprint density at radius 3 is 2.73 bits per heavy atom. The lowest BCUT2D eigenvalue weighted by Gasteiger charge is -2.06. The molecule has 0 N–H and O–H groups in total. The molecule has 1 aromatic carbocycles. The Hall–Kier alpha value is -1.35. The summed E-state index contributed by atoms with van der Waals surface area (Å²) in [6.45, 7) is 2.09. The normalized spacial score (nSPS) is 10.3. The quantitative estimate of drug-likeness (QED) is 0.709. The second-order valence-corrected chi connectivity index (χ2v) is 4.21. The lowest BCUT2D eigenvalue weighted by Crippen LogP contribution is -2.27. The summed E-state index contributed by atoms with van der Waals surface area (Å²) >= 11 is 1.71. The van der Waals surface area contributed by atoms with Gasteiger partial charge in [0.05, 0.1) is 18.1 Å². The number of methoxy groups -OCH3 is 1. The molecule has 3 heteroatoms. The summed E-state index contributed by atoms with van der Waals surface area (Å²) in [6.07, 6.45) is 0. The SMILES string of the molecule is COc1cccc(-c2csc[n+]2C)c1C. The van der Waals surface area contributed by atoms with Gasteiger partial charge < -0.3 is 4.74 Å². The van der Waals surface area contributed by atoms with Crippen LogP contribution in [-0.4, -0.2) is 7.11 Å². The van der Waals surface area contributed by atoms with Crippen LogP contribution in [0.3, 0.4) is 0 Å². The fourth-order valence-electron chi connectivity index (χ4n) is 1.69. The molecule has 0 aliphatic rings. The van der Waals surface area contributed by atoms with Gasteiger partial charge in [0, 0.05) is 5.56 Å². The van der Waals surface area contributed by atoms with Gasteiger partial charge in [-0.15, -0.1) is 0 Å². The largest absolute Gasteiger partial charge is 0.496 e. The van der Waals surface area contributed by atoms with E-state index in [2.05, 4.69) is 35.5 Å². The van der Waals surface area contributed by atoms with E-state index in [-0.39, 0.29) is 0 Å². The van der Waals surface area contributed by atoms with E-state index in [4.69, 9.17) is 4.74 Å². The van der Waals surface area contributed by atoms with Crippen molar-refractivity contribution in [2.24, 2.45) is 7.05 Å². The van der Waals surface area contributed by atoms with Gasteiger partial charge in [0.2, 0.25) is 11.2 Å². The molecule has 0 unspecified atom stereocenters. The van der Waals surface area contributed by atoms with Crippen molar-refractivity contribution in [3.8, 4) is 17.0 Å². The van der Waals surface area contributed by atoms with Gasteiger partial charge in [0.25, 0.3) is 0 Å². The van der Waals surface area contributed by atoms with E-state index < -0.39 is 0 Å². The van der Waals surface area contributed by atoms with E-state index >= 15 is 0 Å². The van der Waals surface area contributed by atoms with Crippen LogP contribution in [0.25, 0.3) is 11.3 Å². The number of rotatable bonds is 2. The third kappa shape index (κ3) is 1.75. The minimum absolute atomic E-state index is 0.943. The molecule has 0 aliphatic heterocycles. The fraction of sp³-hybridized carbons (Fsp3) is 0.250. The van der Waals surface area contributed by atoms with E-state index in [1.807, 2.05) is 12.1 Å². The lowest BCUT2D eigenvalue weighted by molar-refractivity contribution is -0.655. The summed E-state index contributed by atoms with van der Waals surface area (Å²) in [5, 5.41) is 2.15. The van der Waals surface area contributed by atoms with Gasteiger partial charge in [-0.1, -0.05) is 17.4 Å². The molecular weight excluding hydrogens is 206 g/mol. The third-order valence-electron chi connectivity index (χ3n) is 2.56. The average Bonchev–Trinajstić information content (AvgIpc) is 2.65. The molecule has 0 radical (unpaired) electrons. The van der Waals surface area contributed by atoms with Gasteiger partial charge in [-0.05, 0) is 19.1 Å². The number of hydrogen-bond donors (Lipinski definition) is 0. The summed E-state index contributed by atoms with van der Waals surface area (Å²) in [4.78, 5) is 0. The number of benzene rings is 1. The molecule has 2 aromatic rings. The Morgan fingerprint density at radius 2 is 2.13 bits per heavy atom. The number of aromatic nitrogens is 1. The van der Waals surface area contributed by atoms with E-state index in [9.17, 15) is 0 Å². The van der Waals surface area contributed by atoms with Crippen molar-refractivity contribution in [2.75, 3.05) is 7.11 Å². The first-order chi connectivity index (χ1) is 7.24. The van der Waals surface area contributed by atoms with Gasteiger partial charge in [-0.25, -0.2) is 0 Å². The second kappa shape index (κ2) is 4.03. The van der Waals surface area contributed by atoms with Crippen molar-refractivity contribution < 1.29 is 9.30 Å². The van der Waals surface area contributed by atoms with Crippen LogP contribution in [0.1, 0.15) is 5.56 Å². The van der Waals surface area contributed by atoms with Crippen molar-refractivity contribution in [1.82, 2.24) is 0 Å². The molecule has 0 amide bonds. The highest BCUT2D eigenvalue weighted by molar-refractivity contribution is 7.07. The molecule has 2 nitrogen and oxygen atoms in total. The van der Waals surface area contributed by atoms with Gasteiger partial charge in [-0.2, -0.15) is 4.57 Å².